The Morgan fingerprint density at radius 1 is 1.44 bits per heavy atom. The molecule has 0 saturated heterocycles. The highest BCUT2D eigenvalue weighted by atomic mass is 16.4. The highest BCUT2D eigenvalue weighted by molar-refractivity contribution is 5.86. The first kappa shape index (κ1) is 10.4. The van der Waals surface area contributed by atoms with Gasteiger partial charge in [0.25, 0.3) is 0 Å². The third-order valence-corrected chi connectivity index (χ3v) is 2.40. The molecule has 1 aromatic heterocycles. The summed E-state index contributed by atoms with van der Waals surface area (Å²) < 4.78 is 5.06. The van der Waals surface area contributed by atoms with Gasteiger partial charge in [0.1, 0.15) is 5.58 Å². The molecular formula is C12H10O4. The average Bonchev–Trinajstić information content (AvgIpc) is 2.18. The Kier molecular flexibility index (Phi) is 2.48. The van der Waals surface area contributed by atoms with Crippen molar-refractivity contribution in [3.63, 3.8) is 0 Å². The fourth-order valence-electron chi connectivity index (χ4n) is 1.70. The van der Waals surface area contributed by atoms with Crippen LogP contribution in [-0.2, 0) is 11.2 Å². The van der Waals surface area contributed by atoms with E-state index in [-0.39, 0.29) is 6.42 Å². The average molecular weight is 218 g/mol. The van der Waals surface area contributed by atoms with Gasteiger partial charge in [-0.3, -0.25) is 4.79 Å². The molecule has 82 valence electrons. The Balaban J connectivity index is 2.76. The van der Waals surface area contributed by atoms with Crippen LogP contribution in [0.3, 0.4) is 0 Å². The zero-order chi connectivity index (χ0) is 11.7. The monoisotopic (exact) mass is 218 g/mol. The van der Waals surface area contributed by atoms with E-state index in [9.17, 15) is 9.59 Å². The van der Waals surface area contributed by atoms with Crippen LogP contribution in [0, 0.1) is 6.92 Å². The molecule has 0 aliphatic heterocycles. The minimum Gasteiger partial charge on any atom is -0.481 e. The Morgan fingerprint density at radius 3 is 2.88 bits per heavy atom. The molecule has 4 nitrogen and oxygen atoms in total. The second kappa shape index (κ2) is 3.81. The summed E-state index contributed by atoms with van der Waals surface area (Å²) in [5, 5.41) is 9.52. The summed E-state index contributed by atoms with van der Waals surface area (Å²) in [5.74, 6) is -0.948. The summed E-state index contributed by atoms with van der Waals surface area (Å²) in [7, 11) is 0. The molecule has 0 unspecified atom stereocenters. The lowest BCUT2D eigenvalue weighted by Gasteiger charge is -2.04. The second-order valence-corrected chi connectivity index (χ2v) is 3.61. The van der Waals surface area contributed by atoms with Crippen molar-refractivity contribution in [2.75, 3.05) is 0 Å². The van der Waals surface area contributed by atoms with Gasteiger partial charge in [-0.1, -0.05) is 18.2 Å². The number of aryl methyl sites for hydroxylation is 1. The number of benzene rings is 1. The lowest BCUT2D eigenvalue weighted by Crippen LogP contribution is -2.04. The van der Waals surface area contributed by atoms with Gasteiger partial charge in [0.15, 0.2) is 0 Å². The van der Waals surface area contributed by atoms with Gasteiger partial charge < -0.3 is 9.52 Å². The first-order valence-corrected chi connectivity index (χ1v) is 4.82. The van der Waals surface area contributed by atoms with Gasteiger partial charge >= 0.3 is 11.6 Å². The molecule has 0 bridgehead atoms. The smallest absolute Gasteiger partial charge is 0.336 e. The lowest BCUT2D eigenvalue weighted by atomic mass is 10.1. The third-order valence-electron chi connectivity index (χ3n) is 2.40. The summed E-state index contributed by atoms with van der Waals surface area (Å²) >= 11 is 0. The predicted molar refractivity (Wildman–Crippen MR) is 58.6 cm³/mol. The van der Waals surface area contributed by atoms with Crippen molar-refractivity contribution in [1.82, 2.24) is 0 Å². The van der Waals surface area contributed by atoms with Gasteiger partial charge in [-0.15, -0.1) is 0 Å². The van der Waals surface area contributed by atoms with Crippen LogP contribution in [-0.4, -0.2) is 11.1 Å². The van der Waals surface area contributed by atoms with Crippen LogP contribution in [0.2, 0.25) is 0 Å². The third kappa shape index (κ3) is 1.82. The fraction of sp³-hybridized carbons (Fsp3) is 0.167. The molecule has 2 aromatic rings. The quantitative estimate of drug-likeness (QED) is 0.779. The first-order valence-electron chi connectivity index (χ1n) is 4.82. The fourth-order valence-corrected chi connectivity index (χ4v) is 1.70. The summed E-state index contributed by atoms with van der Waals surface area (Å²) in [6.45, 7) is 1.80. The van der Waals surface area contributed by atoms with Crippen LogP contribution >= 0.6 is 0 Å². The molecule has 1 N–H and O–H groups in total. The minimum absolute atomic E-state index is 0.149. The number of para-hydroxylation sites is 1. The zero-order valence-corrected chi connectivity index (χ0v) is 8.69. The lowest BCUT2D eigenvalue weighted by molar-refractivity contribution is -0.136. The number of carbonyl (C=O) groups is 1. The maximum Gasteiger partial charge on any atom is 0.336 e. The molecule has 0 aliphatic rings. The standard InChI is InChI=1S/C12H10O4/c1-7-5-11(15)16-12-8(6-10(13)14)3-2-4-9(7)12/h2-5H,6H2,1H3,(H,13,14). The molecule has 16 heavy (non-hydrogen) atoms. The molecule has 1 aromatic carbocycles. The van der Waals surface area contributed by atoms with Crippen LogP contribution in [0.5, 0.6) is 0 Å². The summed E-state index contributed by atoms with van der Waals surface area (Å²) in [6, 6.07) is 6.61. The van der Waals surface area contributed by atoms with Crippen LogP contribution in [0.1, 0.15) is 11.1 Å². The molecule has 0 aliphatic carbocycles. The number of carboxylic acids is 1. The van der Waals surface area contributed by atoms with Crippen LogP contribution in [0.25, 0.3) is 11.0 Å². The van der Waals surface area contributed by atoms with E-state index in [0.29, 0.717) is 11.1 Å². The van der Waals surface area contributed by atoms with Crippen molar-refractivity contribution in [2.24, 2.45) is 0 Å². The molecule has 0 saturated carbocycles. The van der Waals surface area contributed by atoms with Crippen molar-refractivity contribution in [2.45, 2.75) is 13.3 Å². The molecule has 2 rings (SSSR count). The largest absolute Gasteiger partial charge is 0.481 e. The number of hydrogen-bond acceptors (Lipinski definition) is 3. The van der Waals surface area contributed by atoms with Crippen molar-refractivity contribution in [3.8, 4) is 0 Å². The van der Waals surface area contributed by atoms with E-state index in [0.717, 1.165) is 10.9 Å². The predicted octanol–water partition coefficient (Wildman–Crippen LogP) is 1.73. The maximum atomic E-state index is 11.2. The van der Waals surface area contributed by atoms with Crippen molar-refractivity contribution in [3.05, 3.63) is 45.8 Å². The molecule has 1 heterocycles. The van der Waals surface area contributed by atoms with E-state index < -0.39 is 11.6 Å². The molecule has 0 radical (unpaired) electrons. The number of rotatable bonds is 2. The van der Waals surface area contributed by atoms with E-state index in [1.54, 1.807) is 25.1 Å². The van der Waals surface area contributed by atoms with Gasteiger partial charge in [-0.05, 0) is 12.5 Å². The van der Waals surface area contributed by atoms with Crippen LogP contribution in [0.4, 0.5) is 0 Å². The van der Waals surface area contributed by atoms with E-state index >= 15 is 0 Å². The number of hydrogen-bond donors (Lipinski definition) is 1. The maximum absolute atomic E-state index is 11.2. The molecule has 4 heteroatoms. The Hall–Kier alpha value is -2.10. The van der Waals surface area contributed by atoms with Gasteiger partial charge in [0, 0.05) is 17.0 Å². The van der Waals surface area contributed by atoms with E-state index in [2.05, 4.69) is 0 Å². The Labute approximate surface area is 91.1 Å². The van der Waals surface area contributed by atoms with Crippen molar-refractivity contribution >= 4 is 16.9 Å². The van der Waals surface area contributed by atoms with Gasteiger partial charge in [-0.25, -0.2) is 4.79 Å². The van der Waals surface area contributed by atoms with Crippen molar-refractivity contribution < 1.29 is 14.3 Å². The molecular weight excluding hydrogens is 208 g/mol. The van der Waals surface area contributed by atoms with Gasteiger partial charge in [-0.2, -0.15) is 0 Å². The zero-order valence-electron chi connectivity index (χ0n) is 8.69. The summed E-state index contributed by atoms with van der Waals surface area (Å²) in [5.41, 5.74) is 1.22. The Morgan fingerprint density at radius 2 is 2.19 bits per heavy atom. The highest BCUT2D eigenvalue weighted by Gasteiger charge is 2.09. The summed E-state index contributed by atoms with van der Waals surface area (Å²) in [4.78, 5) is 21.9. The Bertz CT molecular complexity index is 610. The summed E-state index contributed by atoms with van der Waals surface area (Å²) in [6.07, 6.45) is -0.149. The number of fused-ring (bicyclic) bond motifs is 1. The number of aliphatic carboxylic acids is 1. The topological polar surface area (TPSA) is 67.5 Å². The highest BCUT2D eigenvalue weighted by Crippen LogP contribution is 2.20. The van der Waals surface area contributed by atoms with Gasteiger partial charge in [0.05, 0.1) is 6.42 Å². The molecule has 0 atom stereocenters. The second-order valence-electron chi connectivity index (χ2n) is 3.61. The molecule has 0 fully saturated rings. The van der Waals surface area contributed by atoms with E-state index in [4.69, 9.17) is 9.52 Å². The van der Waals surface area contributed by atoms with Crippen LogP contribution < -0.4 is 5.63 Å². The van der Waals surface area contributed by atoms with Crippen LogP contribution in [0.15, 0.2) is 33.5 Å². The molecule has 0 spiro atoms. The van der Waals surface area contributed by atoms with Crippen molar-refractivity contribution in [1.29, 1.82) is 0 Å². The van der Waals surface area contributed by atoms with Gasteiger partial charge in [0.2, 0.25) is 0 Å². The minimum atomic E-state index is -0.948. The van der Waals surface area contributed by atoms with E-state index in [1.807, 2.05) is 0 Å². The molecule has 0 amide bonds. The van der Waals surface area contributed by atoms with E-state index in [1.165, 1.54) is 6.07 Å². The first-order chi connectivity index (χ1) is 7.58. The SMILES string of the molecule is Cc1cc(=O)oc2c(CC(=O)O)cccc12. The number of carboxylic acid groups (broad SMARTS) is 1. The normalized spacial score (nSPS) is 10.6.